The maximum Gasteiger partial charge on any atom is 0.339 e. The van der Waals surface area contributed by atoms with Crippen LogP contribution < -0.4 is 4.90 Å². The van der Waals surface area contributed by atoms with Gasteiger partial charge in [0.25, 0.3) is 0 Å². The number of para-hydroxylation sites is 1. The van der Waals surface area contributed by atoms with E-state index in [1.807, 2.05) is 42.3 Å². The largest absolute Gasteiger partial charge is 0.465 e. The predicted molar refractivity (Wildman–Crippen MR) is 77.9 cm³/mol. The van der Waals surface area contributed by atoms with Crippen LogP contribution in [-0.4, -0.2) is 36.2 Å². The van der Waals surface area contributed by atoms with Crippen molar-refractivity contribution in [3.8, 4) is 0 Å². The average molecular weight is 273 g/mol. The van der Waals surface area contributed by atoms with E-state index in [0.717, 1.165) is 25.2 Å². The molecule has 2 rings (SSSR count). The van der Waals surface area contributed by atoms with Crippen molar-refractivity contribution in [2.24, 2.45) is 0 Å². The van der Waals surface area contributed by atoms with E-state index in [1.54, 1.807) is 12.3 Å². The number of imidazole rings is 1. The molecule has 0 saturated heterocycles. The van der Waals surface area contributed by atoms with Gasteiger partial charge in [0.05, 0.1) is 24.7 Å². The highest BCUT2D eigenvalue weighted by Gasteiger charge is 2.13. The van der Waals surface area contributed by atoms with E-state index in [1.165, 1.54) is 7.11 Å². The Morgan fingerprint density at radius 3 is 2.90 bits per heavy atom. The highest BCUT2D eigenvalue weighted by atomic mass is 16.5. The lowest BCUT2D eigenvalue weighted by Crippen LogP contribution is -2.22. The number of anilines is 1. The van der Waals surface area contributed by atoms with Gasteiger partial charge in [0.2, 0.25) is 0 Å². The van der Waals surface area contributed by atoms with Crippen LogP contribution in [0.1, 0.15) is 16.8 Å². The van der Waals surface area contributed by atoms with Gasteiger partial charge >= 0.3 is 5.97 Å². The number of aryl methyl sites for hydroxylation is 1. The van der Waals surface area contributed by atoms with Gasteiger partial charge in [-0.3, -0.25) is 0 Å². The monoisotopic (exact) mass is 273 g/mol. The van der Waals surface area contributed by atoms with Crippen LogP contribution in [0.5, 0.6) is 0 Å². The van der Waals surface area contributed by atoms with Gasteiger partial charge in [-0.1, -0.05) is 12.1 Å². The number of methoxy groups -OCH3 is 1. The smallest absolute Gasteiger partial charge is 0.339 e. The zero-order chi connectivity index (χ0) is 14.4. The summed E-state index contributed by atoms with van der Waals surface area (Å²) in [5.74, 6) is -0.304. The summed E-state index contributed by atoms with van der Waals surface area (Å²) in [6.45, 7) is 1.76. The van der Waals surface area contributed by atoms with Crippen LogP contribution in [0.2, 0.25) is 0 Å². The summed E-state index contributed by atoms with van der Waals surface area (Å²) >= 11 is 0. The standard InChI is InChI=1S/C15H19N3O2/c1-17(9-5-10-18-11-8-16-12-18)14-7-4-3-6-13(14)15(19)20-2/h3-4,6-8,11-12H,5,9-10H2,1-2H3. The van der Waals surface area contributed by atoms with Crippen molar-refractivity contribution in [1.29, 1.82) is 0 Å². The summed E-state index contributed by atoms with van der Waals surface area (Å²) in [4.78, 5) is 17.8. The summed E-state index contributed by atoms with van der Waals surface area (Å²) in [6, 6.07) is 7.49. The number of benzene rings is 1. The van der Waals surface area contributed by atoms with Gasteiger partial charge in [-0.15, -0.1) is 0 Å². The molecule has 5 nitrogen and oxygen atoms in total. The first-order valence-electron chi connectivity index (χ1n) is 6.56. The summed E-state index contributed by atoms with van der Waals surface area (Å²) in [5, 5.41) is 0. The van der Waals surface area contributed by atoms with Gasteiger partial charge in [0, 0.05) is 32.5 Å². The molecule has 0 fully saturated rings. The first-order chi connectivity index (χ1) is 9.72. The number of hydrogen-bond donors (Lipinski definition) is 0. The number of aromatic nitrogens is 2. The van der Waals surface area contributed by atoms with E-state index in [0.29, 0.717) is 5.56 Å². The number of ether oxygens (including phenoxy) is 1. The lowest BCUT2D eigenvalue weighted by atomic mass is 10.1. The van der Waals surface area contributed by atoms with Gasteiger partial charge in [0.1, 0.15) is 0 Å². The van der Waals surface area contributed by atoms with Crippen molar-refractivity contribution in [3.05, 3.63) is 48.5 Å². The Morgan fingerprint density at radius 2 is 2.20 bits per heavy atom. The number of hydrogen-bond acceptors (Lipinski definition) is 4. The molecule has 0 amide bonds. The minimum Gasteiger partial charge on any atom is -0.465 e. The summed E-state index contributed by atoms with van der Waals surface area (Å²) in [5.41, 5.74) is 1.49. The normalized spacial score (nSPS) is 10.3. The molecular weight excluding hydrogens is 254 g/mol. The van der Waals surface area contributed by atoms with Gasteiger partial charge < -0.3 is 14.2 Å². The second-order valence-corrected chi connectivity index (χ2v) is 4.58. The fourth-order valence-corrected chi connectivity index (χ4v) is 2.12. The zero-order valence-electron chi connectivity index (χ0n) is 11.8. The van der Waals surface area contributed by atoms with Gasteiger partial charge in [0.15, 0.2) is 0 Å². The quantitative estimate of drug-likeness (QED) is 0.757. The molecule has 0 radical (unpaired) electrons. The van der Waals surface area contributed by atoms with Crippen molar-refractivity contribution in [1.82, 2.24) is 9.55 Å². The highest BCUT2D eigenvalue weighted by Crippen LogP contribution is 2.20. The molecule has 1 aromatic heterocycles. The van der Waals surface area contributed by atoms with Crippen molar-refractivity contribution in [2.75, 3.05) is 25.6 Å². The number of esters is 1. The molecule has 0 N–H and O–H groups in total. The number of nitrogens with zero attached hydrogens (tertiary/aromatic N) is 3. The van der Waals surface area contributed by atoms with Crippen LogP contribution >= 0.6 is 0 Å². The molecule has 20 heavy (non-hydrogen) atoms. The van der Waals surface area contributed by atoms with Crippen molar-refractivity contribution in [2.45, 2.75) is 13.0 Å². The molecule has 1 heterocycles. The molecule has 0 aliphatic heterocycles. The van der Waals surface area contributed by atoms with Crippen LogP contribution in [0.25, 0.3) is 0 Å². The Morgan fingerprint density at radius 1 is 1.40 bits per heavy atom. The zero-order valence-corrected chi connectivity index (χ0v) is 11.8. The van der Waals surface area contributed by atoms with Crippen molar-refractivity contribution >= 4 is 11.7 Å². The Kier molecular flexibility index (Phi) is 4.76. The van der Waals surface area contributed by atoms with E-state index in [4.69, 9.17) is 4.74 Å². The first-order valence-corrected chi connectivity index (χ1v) is 6.56. The lowest BCUT2D eigenvalue weighted by molar-refractivity contribution is 0.0601. The molecule has 0 bridgehead atoms. The minimum absolute atomic E-state index is 0.304. The molecule has 106 valence electrons. The predicted octanol–water partition coefficient (Wildman–Crippen LogP) is 2.20. The molecule has 0 aliphatic carbocycles. The summed E-state index contributed by atoms with van der Waals surface area (Å²) in [7, 11) is 3.38. The summed E-state index contributed by atoms with van der Waals surface area (Å²) < 4.78 is 6.85. The molecular formula is C15H19N3O2. The Labute approximate surface area is 118 Å². The van der Waals surface area contributed by atoms with Crippen molar-refractivity contribution in [3.63, 3.8) is 0 Å². The van der Waals surface area contributed by atoms with Gasteiger partial charge in [-0.25, -0.2) is 9.78 Å². The third kappa shape index (κ3) is 3.38. The second kappa shape index (κ2) is 6.75. The molecule has 0 spiro atoms. The Bertz CT molecular complexity index is 552. The minimum atomic E-state index is -0.304. The molecule has 0 atom stereocenters. The third-order valence-electron chi connectivity index (χ3n) is 3.19. The maximum atomic E-state index is 11.7. The number of carbonyl (C=O) groups is 1. The Balaban J connectivity index is 1.98. The molecule has 0 saturated carbocycles. The molecule has 1 aromatic carbocycles. The second-order valence-electron chi connectivity index (χ2n) is 4.58. The maximum absolute atomic E-state index is 11.7. The molecule has 2 aromatic rings. The average Bonchev–Trinajstić information content (AvgIpc) is 2.99. The van der Waals surface area contributed by atoms with E-state index in [2.05, 4.69) is 9.88 Å². The SMILES string of the molecule is COC(=O)c1ccccc1N(C)CCCn1ccnc1. The number of rotatable bonds is 6. The number of carbonyl (C=O) groups excluding carboxylic acids is 1. The van der Waals surface area contributed by atoms with E-state index in [9.17, 15) is 4.79 Å². The molecule has 0 unspecified atom stereocenters. The van der Waals surface area contributed by atoms with Crippen LogP contribution in [0.3, 0.4) is 0 Å². The van der Waals surface area contributed by atoms with E-state index >= 15 is 0 Å². The fourth-order valence-electron chi connectivity index (χ4n) is 2.12. The van der Waals surface area contributed by atoms with Crippen LogP contribution in [0.4, 0.5) is 5.69 Å². The van der Waals surface area contributed by atoms with Crippen LogP contribution in [0, 0.1) is 0 Å². The first kappa shape index (κ1) is 14.1. The third-order valence-corrected chi connectivity index (χ3v) is 3.19. The molecule has 5 heteroatoms. The van der Waals surface area contributed by atoms with Gasteiger partial charge in [-0.05, 0) is 18.6 Å². The molecule has 0 aliphatic rings. The van der Waals surface area contributed by atoms with E-state index < -0.39 is 0 Å². The van der Waals surface area contributed by atoms with Crippen molar-refractivity contribution < 1.29 is 9.53 Å². The topological polar surface area (TPSA) is 47.4 Å². The lowest BCUT2D eigenvalue weighted by Gasteiger charge is -2.21. The Hall–Kier alpha value is -2.30. The van der Waals surface area contributed by atoms with Gasteiger partial charge in [-0.2, -0.15) is 0 Å². The fraction of sp³-hybridized carbons (Fsp3) is 0.333. The highest BCUT2D eigenvalue weighted by molar-refractivity contribution is 5.95. The van der Waals surface area contributed by atoms with Crippen LogP contribution in [0.15, 0.2) is 43.0 Å². The van der Waals surface area contributed by atoms with Crippen LogP contribution in [-0.2, 0) is 11.3 Å². The van der Waals surface area contributed by atoms with E-state index in [-0.39, 0.29) is 5.97 Å². The summed E-state index contributed by atoms with van der Waals surface area (Å²) in [6.07, 6.45) is 6.50.